The third-order valence-electron chi connectivity index (χ3n) is 4.31. The lowest BCUT2D eigenvalue weighted by molar-refractivity contribution is -0.117. The Morgan fingerprint density at radius 3 is 2.88 bits per heavy atom. The lowest BCUT2D eigenvalue weighted by Crippen LogP contribution is -2.43. The van der Waals surface area contributed by atoms with E-state index in [0.717, 1.165) is 23.1 Å². The molecule has 26 heavy (non-hydrogen) atoms. The van der Waals surface area contributed by atoms with E-state index in [0.29, 0.717) is 31.1 Å². The Balaban J connectivity index is 1.48. The SMILES string of the molecule is O=C(CC1COCCN1)Nc1ccc2nc(-c3ccc(F)cc3)[nH]c2c1. The molecule has 0 spiro atoms. The number of imidazole rings is 1. The molecular weight excluding hydrogens is 335 g/mol. The van der Waals surface area contributed by atoms with Crippen molar-refractivity contribution in [2.24, 2.45) is 0 Å². The van der Waals surface area contributed by atoms with Crippen molar-refractivity contribution in [1.29, 1.82) is 0 Å². The van der Waals surface area contributed by atoms with E-state index in [-0.39, 0.29) is 17.8 Å². The standard InChI is InChI=1S/C19H19FN4O2/c20-13-3-1-12(2-4-13)19-23-16-6-5-14(9-17(16)24-19)22-18(25)10-15-11-26-8-7-21-15/h1-6,9,15,21H,7-8,10-11H2,(H,22,25)(H,23,24). The second-order valence-corrected chi connectivity index (χ2v) is 6.30. The molecule has 0 radical (unpaired) electrons. The summed E-state index contributed by atoms with van der Waals surface area (Å²) in [7, 11) is 0. The number of fused-ring (bicyclic) bond motifs is 1. The molecule has 134 valence electrons. The van der Waals surface area contributed by atoms with Gasteiger partial charge >= 0.3 is 0 Å². The summed E-state index contributed by atoms with van der Waals surface area (Å²) in [5, 5.41) is 6.17. The first kappa shape index (κ1) is 16.7. The van der Waals surface area contributed by atoms with Gasteiger partial charge in [0.05, 0.1) is 24.2 Å². The van der Waals surface area contributed by atoms with Crippen molar-refractivity contribution in [2.75, 3.05) is 25.1 Å². The van der Waals surface area contributed by atoms with Gasteiger partial charge in [0.15, 0.2) is 0 Å². The zero-order valence-electron chi connectivity index (χ0n) is 14.1. The molecule has 0 aliphatic carbocycles. The van der Waals surface area contributed by atoms with Gasteiger partial charge in [-0.25, -0.2) is 9.37 Å². The number of halogens is 1. The minimum Gasteiger partial charge on any atom is -0.378 e. The zero-order valence-corrected chi connectivity index (χ0v) is 14.1. The number of benzene rings is 2. The van der Waals surface area contributed by atoms with Crippen LogP contribution in [0.25, 0.3) is 22.4 Å². The highest BCUT2D eigenvalue weighted by molar-refractivity contribution is 5.93. The van der Waals surface area contributed by atoms with Crippen LogP contribution in [-0.4, -0.2) is 41.7 Å². The maximum absolute atomic E-state index is 13.1. The predicted octanol–water partition coefficient (Wildman–Crippen LogP) is 2.69. The summed E-state index contributed by atoms with van der Waals surface area (Å²) in [4.78, 5) is 19.9. The number of hydrogen-bond donors (Lipinski definition) is 3. The quantitative estimate of drug-likeness (QED) is 0.673. The lowest BCUT2D eigenvalue weighted by atomic mass is 10.2. The molecule has 2 heterocycles. The van der Waals surface area contributed by atoms with E-state index in [2.05, 4.69) is 20.6 Å². The number of H-pyrrole nitrogens is 1. The Morgan fingerprint density at radius 2 is 2.12 bits per heavy atom. The van der Waals surface area contributed by atoms with Gasteiger partial charge in [0.25, 0.3) is 0 Å². The molecule has 0 saturated carbocycles. The molecule has 1 fully saturated rings. The van der Waals surface area contributed by atoms with Crippen LogP contribution in [-0.2, 0) is 9.53 Å². The average molecular weight is 354 g/mol. The Bertz CT molecular complexity index is 917. The van der Waals surface area contributed by atoms with Gasteiger partial charge < -0.3 is 20.4 Å². The summed E-state index contributed by atoms with van der Waals surface area (Å²) in [5.41, 5.74) is 3.09. The minimum absolute atomic E-state index is 0.0460. The first-order valence-electron chi connectivity index (χ1n) is 8.54. The fourth-order valence-electron chi connectivity index (χ4n) is 3.02. The number of anilines is 1. The first-order valence-corrected chi connectivity index (χ1v) is 8.54. The molecule has 6 nitrogen and oxygen atoms in total. The normalized spacial score (nSPS) is 17.3. The molecule has 1 aliphatic rings. The van der Waals surface area contributed by atoms with E-state index >= 15 is 0 Å². The molecule has 0 bridgehead atoms. The van der Waals surface area contributed by atoms with Crippen molar-refractivity contribution in [3.63, 3.8) is 0 Å². The van der Waals surface area contributed by atoms with Crippen LogP contribution in [0.4, 0.5) is 10.1 Å². The molecule has 2 aromatic carbocycles. The maximum Gasteiger partial charge on any atom is 0.226 e. The topological polar surface area (TPSA) is 79.0 Å². The predicted molar refractivity (Wildman–Crippen MR) is 97.3 cm³/mol. The molecule has 1 amide bonds. The van der Waals surface area contributed by atoms with Crippen LogP contribution in [0.2, 0.25) is 0 Å². The molecule has 1 aliphatic heterocycles. The van der Waals surface area contributed by atoms with Crippen LogP contribution in [0.15, 0.2) is 42.5 Å². The number of nitrogens with one attached hydrogen (secondary N) is 3. The zero-order chi connectivity index (χ0) is 17.9. The number of morpholine rings is 1. The second kappa shape index (κ2) is 7.23. The number of rotatable bonds is 4. The molecule has 1 unspecified atom stereocenters. The molecule has 1 aromatic heterocycles. The number of nitrogens with zero attached hydrogens (tertiary/aromatic N) is 1. The third-order valence-corrected chi connectivity index (χ3v) is 4.31. The lowest BCUT2D eigenvalue weighted by Gasteiger charge is -2.23. The van der Waals surface area contributed by atoms with Crippen molar-refractivity contribution in [3.05, 3.63) is 48.3 Å². The molecule has 7 heteroatoms. The molecular formula is C19H19FN4O2. The number of carbonyl (C=O) groups excluding carboxylic acids is 1. The van der Waals surface area contributed by atoms with E-state index in [4.69, 9.17) is 4.74 Å². The van der Waals surface area contributed by atoms with Gasteiger partial charge in [0.1, 0.15) is 11.6 Å². The van der Waals surface area contributed by atoms with Gasteiger partial charge in [-0.05, 0) is 42.5 Å². The number of hydrogen-bond acceptors (Lipinski definition) is 4. The first-order chi connectivity index (χ1) is 12.7. The van der Waals surface area contributed by atoms with Gasteiger partial charge in [-0.2, -0.15) is 0 Å². The van der Waals surface area contributed by atoms with E-state index in [1.54, 1.807) is 12.1 Å². The van der Waals surface area contributed by atoms with Crippen molar-refractivity contribution >= 4 is 22.6 Å². The van der Waals surface area contributed by atoms with Gasteiger partial charge in [-0.3, -0.25) is 4.79 Å². The highest BCUT2D eigenvalue weighted by Crippen LogP contribution is 2.23. The van der Waals surface area contributed by atoms with Crippen LogP contribution < -0.4 is 10.6 Å². The third kappa shape index (κ3) is 3.74. The number of ether oxygens (including phenoxy) is 1. The summed E-state index contributed by atoms with van der Waals surface area (Å²) in [6, 6.07) is 11.7. The van der Waals surface area contributed by atoms with Crippen molar-refractivity contribution in [3.8, 4) is 11.4 Å². The van der Waals surface area contributed by atoms with Gasteiger partial charge in [-0.15, -0.1) is 0 Å². The number of amides is 1. The van der Waals surface area contributed by atoms with E-state index < -0.39 is 0 Å². The minimum atomic E-state index is -0.285. The fraction of sp³-hybridized carbons (Fsp3) is 0.263. The molecule has 4 rings (SSSR count). The summed E-state index contributed by atoms with van der Waals surface area (Å²) < 4.78 is 18.4. The van der Waals surface area contributed by atoms with Crippen LogP contribution in [0.5, 0.6) is 0 Å². The molecule has 3 N–H and O–H groups in total. The van der Waals surface area contributed by atoms with Gasteiger partial charge in [0.2, 0.25) is 5.91 Å². The second-order valence-electron chi connectivity index (χ2n) is 6.30. The summed E-state index contributed by atoms with van der Waals surface area (Å²) in [5.74, 6) is 0.311. The van der Waals surface area contributed by atoms with Gasteiger partial charge in [0, 0.05) is 30.3 Å². The smallest absolute Gasteiger partial charge is 0.226 e. The fourth-order valence-corrected chi connectivity index (χ4v) is 3.02. The van der Waals surface area contributed by atoms with Crippen LogP contribution in [0.1, 0.15) is 6.42 Å². The summed E-state index contributed by atoms with van der Waals surface area (Å²) in [6.07, 6.45) is 0.363. The Labute approximate surface area is 149 Å². The Hall–Kier alpha value is -2.77. The monoisotopic (exact) mass is 354 g/mol. The number of aromatic amines is 1. The van der Waals surface area contributed by atoms with E-state index in [9.17, 15) is 9.18 Å². The largest absolute Gasteiger partial charge is 0.378 e. The van der Waals surface area contributed by atoms with E-state index in [1.165, 1.54) is 12.1 Å². The van der Waals surface area contributed by atoms with Crippen molar-refractivity contribution in [1.82, 2.24) is 15.3 Å². The highest BCUT2D eigenvalue weighted by Gasteiger charge is 2.17. The highest BCUT2D eigenvalue weighted by atomic mass is 19.1. The Kier molecular flexibility index (Phi) is 4.64. The van der Waals surface area contributed by atoms with Crippen LogP contribution in [0, 0.1) is 5.82 Å². The van der Waals surface area contributed by atoms with Crippen molar-refractivity contribution < 1.29 is 13.9 Å². The summed E-state index contributed by atoms with van der Waals surface area (Å²) >= 11 is 0. The summed E-state index contributed by atoms with van der Waals surface area (Å²) in [6.45, 7) is 2.00. The average Bonchev–Trinajstić information content (AvgIpc) is 3.06. The van der Waals surface area contributed by atoms with Gasteiger partial charge in [-0.1, -0.05) is 0 Å². The van der Waals surface area contributed by atoms with Crippen LogP contribution in [0.3, 0.4) is 0 Å². The maximum atomic E-state index is 13.1. The molecule has 1 atom stereocenters. The van der Waals surface area contributed by atoms with Crippen molar-refractivity contribution in [2.45, 2.75) is 12.5 Å². The van der Waals surface area contributed by atoms with E-state index in [1.807, 2.05) is 18.2 Å². The molecule has 1 saturated heterocycles. The number of aromatic nitrogens is 2. The van der Waals surface area contributed by atoms with Crippen LogP contribution >= 0.6 is 0 Å². The Morgan fingerprint density at radius 1 is 1.27 bits per heavy atom. The number of carbonyl (C=O) groups is 1. The molecule has 3 aromatic rings.